The van der Waals surface area contributed by atoms with E-state index in [1.807, 2.05) is 0 Å². The molecule has 0 unspecified atom stereocenters. The normalized spacial score (nSPS) is 16.7. The van der Waals surface area contributed by atoms with Crippen LogP contribution in [0.25, 0.3) is 0 Å². The highest BCUT2D eigenvalue weighted by Crippen LogP contribution is 2.21. The predicted molar refractivity (Wildman–Crippen MR) is 77.8 cm³/mol. The zero-order chi connectivity index (χ0) is 13.8. The molecule has 0 atom stereocenters. The summed E-state index contributed by atoms with van der Waals surface area (Å²) in [6.07, 6.45) is 0. The van der Waals surface area contributed by atoms with Crippen molar-refractivity contribution in [1.82, 2.24) is 9.80 Å². The number of piperazine rings is 1. The maximum atomic E-state index is 11.4. The summed E-state index contributed by atoms with van der Waals surface area (Å²) in [5.74, 6) is -0.168. The van der Waals surface area contributed by atoms with Crippen molar-refractivity contribution in [3.05, 3.63) is 33.8 Å². The minimum Gasteiger partial charge on any atom is -0.387 e. The van der Waals surface area contributed by atoms with Gasteiger partial charge in [-0.05, 0) is 24.1 Å². The molecule has 1 aromatic carbocycles. The first kappa shape index (κ1) is 14.5. The fourth-order valence-electron chi connectivity index (χ4n) is 2.32. The van der Waals surface area contributed by atoms with E-state index >= 15 is 0 Å². The van der Waals surface area contributed by atoms with E-state index in [0.717, 1.165) is 24.1 Å². The molecule has 19 heavy (non-hydrogen) atoms. The van der Waals surface area contributed by atoms with Gasteiger partial charge in [0, 0.05) is 37.2 Å². The number of hydrogen-bond donors (Lipinski definition) is 1. The molecule has 4 nitrogen and oxygen atoms in total. The third-order valence-electron chi connectivity index (χ3n) is 3.63. The van der Waals surface area contributed by atoms with Crippen LogP contribution in [-0.2, 0) is 11.3 Å². The second-order valence-electron chi connectivity index (χ2n) is 4.84. The fourth-order valence-corrected chi connectivity index (χ4v) is 2.73. The molecule has 1 aliphatic rings. The van der Waals surface area contributed by atoms with Crippen LogP contribution < -0.4 is 0 Å². The molecule has 104 valence electrons. The number of aliphatic hydroxyl groups is 1. The summed E-state index contributed by atoms with van der Waals surface area (Å²) < 4.78 is 1.14. The molecule has 0 spiro atoms. The largest absolute Gasteiger partial charge is 0.387 e. The Bertz CT molecular complexity index is 457. The van der Waals surface area contributed by atoms with Crippen LogP contribution in [0.5, 0.6) is 0 Å². The Labute approximate surface area is 122 Å². The number of aliphatic hydroxyl groups excluding tert-OH is 1. The Hall–Kier alpha value is -0.910. The van der Waals surface area contributed by atoms with E-state index in [0.29, 0.717) is 13.1 Å². The second-order valence-corrected chi connectivity index (χ2v) is 5.69. The summed E-state index contributed by atoms with van der Waals surface area (Å²) in [4.78, 5) is 15.5. The number of rotatable bonds is 3. The van der Waals surface area contributed by atoms with Crippen molar-refractivity contribution in [3.63, 3.8) is 0 Å². The monoisotopic (exact) mass is 326 g/mol. The molecule has 0 saturated carbocycles. The second kappa shape index (κ2) is 6.50. The van der Waals surface area contributed by atoms with E-state index in [9.17, 15) is 4.79 Å². The maximum Gasteiger partial charge on any atom is 0.248 e. The van der Waals surface area contributed by atoms with E-state index in [4.69, 9.17) is 5.11 Å². The van der Waals surface area contributed by atoms with Crippen LogP contribution in [-0.4, -0.2) is 53.6 Å². The van der Waals surface area contributed by atoms with Gasteiger partial charge in [0.2, 0.25) is 5.91 Å². The first-order chi connectivity index (χ1) is 9.11. The summed E-state index contributed by atoms with van der Waals surface area (Å²) >= 11 is 3.55. The van der Waals surface area contributed by atoms with Crippen LogP contribution in [0, 0.1) is 6.92 Å². The zero-order valence-corrected chi connectivity index (χ0v) is 12.7. The molecular weight excluding hydrogens is 308 g/mol. The van der Waals surface area contributed by atoms with Gasteiger partial charge in [-0.3, -0.25) is 9.69 Å². The summed E-state index contributed by atoms with van der Waals surface area (Å²) in [7, 11) is 0. The van der Waals surface area contributed by atoms with Gasteiger partial charge < -0.3 is 10.0 Å². The lowest BCUT2D eigenvalue weighted by Gasteiger charge is -2.34. The van der Waals surface area contributed by atoms with Gasteiger partial charge in [0.25, 0.3) is 0 Å². The molecule has 0 aromatic heterocycles. The van der Waals surface area contributed by atoms with E-state index in [1.54, 1.807) is 4.90 Å². The summed E-state index contributed by atoms with van der Waals surface area (Å²) in [5, 5.41) is 8.85. The summed E-state index contributed by atoms with van der Waals surface area (Å²) in [5.41, 5.74) is 2.59. The lowest BCUT2D eigenvalue weighted by atomic mass is 10.1. The van der Waals surface area contributed by atoms with Gasteiger partial charge in [0.1, 0.15) is 6.61 Å². The highest BCUT2D eigenvalue weighted by molar-refractivity contribution is 9.10. The molecule has 0 bridgehead atoms. The first-order valence-corrected chi connectivity index (χ1v) is 7.26. The minimum atomic E-state index is -0.384. The molecule has 1 aromatic rings. The highest BCUT2D eigenvalue weighted by atomic mass is 79.9. The van der Waals surface area contributed by atoms with Crippen molar-refractivity contribution in [2.24, 2.45) is 0 Å². The molecule has 1 amide bonds. The topological polar surface area (TPSA) is 43.8 Å². The van der Waals surface area contributed by atoms with Crippen molar-refractivity contribution in [3.8, 4) is 0 Å². The molecule has 2 rings (SSSR count). The van der Waals surface area contributed by atoms with Crippen molar-refractivity contribution in [2.75, 3.05) is 32.8 Å². The number of carbonyl (C=O) groups excluding carboxylic acids is 1. The lowest BCUT2D eigenvalue weighted by Crippen LogP contribution is -2.49. The number of carbonyl (C=O) groups is 1. The highest BCUT2D eigenvalue weighted by Gasteiger charge is 2.20. The molecule has 1 saturated heterocycles. The Morgan fingerprint density at radius 1 is 1.32 bits per heavy atom. The van der Waals surface area contributed by atoms with Crippen LogP contribution in [0.4, 0.5) is 0 Å². The summed E-state index contributed by atoms with van der Waals surface area (Å²) in [6.45, 7) is 5.76. The quantitative estimate of drug-likeness (QED) is 0.913. The van der Waals surface area contributed by atoms with Crippen molar-refractivity contribution < 1.29 is 9.90 Å². The van der Waals surface area contributed by atoms with Crippen molar-refractivity contribution >= 4 is 21.8 Å². The number of benzene rings is 1. The van der Waals surface area contributed by atoms with E-state index in [2.05, 4.69) is 46.0 Å². The molecule has 0 aliphatic carbocycles. The van der Waals surface area contributed by atoms with Crippen molar-refractivity contribution in [1.29, 1.82) is 0 Å². The Morgan fingerprint density at radius 2 is 2.00 bits per heavy atom. The van der Waals surface area contributed by atoms with Crippen LogP contribution >= 0.6 is 15.9 Å². The average Bonchev–Trinajstić information content (AvgIpc) is 2.44. The van der Waals surface area contributed by atoms with Crippen LogP contribution in [0.2, 0.25) is 0 Å². The lowest BCUT2D eigenvalue weighted by molar-refractivity contribution is -0.135. The Morgan fingerprint density at radius 3 is 2.63 bits per heavy atom. The van der Waals surface area contributed by atoms with Gasteiger partial charge in [0.15, 0.2) is 0 Å². The average molecular weight is 327 g/mol. The molecule has 1 N–H and O–H groups in total. The third kappa shape index (κ3) is 3.55. The van der Waals surface area contributed by atoms with E-state index in [-0.39, 0.29) is 12.5 Å². The maximum absolute atomic E-state index is 11.4. The van der Waals surface area contributed by atoms with Gasteiger partial charge in [0.05, 0.1) is 0 Å². The van der Waals surface area contributed by atoms with E-state index in [1.165, 1.54) is 11.1 Å². The minimum absolute atomic E-state index is 0.168. The number of hydrogen-bond acceptors (Lipinski definition) is 3. The third-order valence-corrected chi connectivity index (χ3v) is 4.49. The molecular formula is C14H19BrN2O2. The smallest absolute Gasteiger partial charge is 0.248 e. The number of halogens is 1. The number of nitrogens with zero attached hydrogens (tertiary/aromatic N) is 2. The number of amides is 1. The Kier molecular flexibility index (Phi) is 4.96. The molecule has 1 heterocycles. The van der Waals surface area contributed by atoms with E-state index < -0.39 is 0 Å². The van der Waals surface area contributed by atoms with Crippen LogP contribution in [0.1, 0.15) is 11.1 Å². The molecule has 1 aliphatic heterocycles. The van der Waals surface area contributed by atoms with Crippen LogP contribution in [0.15, 0.2) is 22.7 Å². The van der Waals surface area contributed by atoms with Gasteiger partial charge in [-0.15, -0.1) is 0 Å². The van der Waals surface area contributed by atoms with Gasteiger partial charge in [-0.2, -0.15) is 0 Å². The Balaban J connectivity index is 1.92. The first-order valence-electron chi connectivity index (χ1n) is 6.47. The fraction of sp³-hybridized carbons (Fsp3) is 0.500. The molecule has 1 fully saturated rings. The van der Waals surface area contributed by atoms with Crippen molar-refractivity contribution in [2.45, 2.75) is 13.5 Å². The zero-order valence-electron chi connectivity index (χ0n) is 11.1. The predicted octanol–water partition coefficient (Wildman–Crippen LogP) is 1.39. The molecule has 0 radical (unpaired) electrons. The standard InChI is InChI=1S/C14H19BrN2O2/c1-11-12(3-2-4-13(11)15)9-16-5-7-17(8-6-16)14(19)10-18/h2-4,18H,5-10H2,1H3. The van der Waals surface area contributed by atoms with Gasteiger partial charge >= 0.3 is 0 Å². The van der Waals surface area contributed by atoms with Crippen LogP contribution in [0.3, 0.4) is 0 Å². The molecule has 5 heteroatoms. The van der Waals surface area contributed by atoms with Gasteiger partial charge in [-0.1, -0.05) is 28.1 Å². The van der Waals surface area contributed by atoms with Gasteiger partial charge in [-0.25, -0.2) is 0 Å². The summed E-state index contributed by atoms with van der Waals surface area (Å²) in [6, 6.07) is 6.25. The SMILES string of the molecule is Cc1c(Br)cccc1CN1CCN(C(=O)CO)CC1.